The van der Waals surface area contributed by atoms with Crippen molar-refractivity contribution in [2.45, 2.75) is 296 Å². The number of unbranched alkanes of at least 4 members (excludes halogenated alkanes) is 3. The summed E-state index contributed by atoms with van der Waals surface area (Å²) < 4.78 is 51.4. The van der Waals surface area contributed by atoms with Crippen LogP contribution in [0.25, 0.3) is 0 Å². The van der Waals surface area contributed by atoms with Gasteiger partial charge in [-0.2, -0.15) is 0 Å². The molecule has 9 atom stereocenters. The van der Waals surface area contributed by atoms with Gasteiger partial charge in [0.25, 0.3) is 11.8 Å². The molecular formula is C63H110N10O20. The molecule has 0 bridgehead atoms. The Morgan fingerprint density at radius 1 is 0.441 bits per heavy atom. The van der Waals surface area contributed by atoms with Crippen molar-refractivity contribution in [2.24, 2.45) is 0 Å². The van der Waals surface area contributed by atoms with Crippen LogP contribution < -0.4 is 53.2 Å². The van der Waals surface area contributed by atoms with Crippen LogP contribution in [-0.2, 0) is 76.2 Å². The Morgan fingerprint density at radius 3 is 1.13 bits per heavy atom. The highest BCUT2D eigenvalue weighted by Gasteiger charge is 2.57. The average Bonchev–Trinajstić information content (AvgIpc) is 1.61. The predicted molar refractivity (Wildman–Crippen MR) is 339 cm³/mol. The molecule has 0 spiro atoms. The van der Waals surface area contributed by atoms with Crippen LogP contribution in [0.15, 0.2) is 0 Å². The molecule has 3 heterocycles. The van der Waals surface area contributed by atoms with E-state index in [0.717, 1.165) is 7.11 Å². The Kier molecular flexibility index (Phi) is 31.8. The molecule has 9 unspecified atom stereocenters. The lowest BCUT2D eigenvalue weighted by Crippen LogP contribution is -2.59. The summed E-state index contributed by atoms with van der Waals surface area (Å²) in [6, 6.07) is -6.75. The van der Waals surface area contributed by atoms with Gasteiger partial charge in [0.2, 0.25) is 23.6 Å². The first-order valence-electron chi connectivity index (χ1n) is 32.5. The Hall–Kier alpha value is -6.79. The molecule has 0 aliphatic carbocycles. The van der Waals surface area contributed by atoms with E-state index in [9.17, 15) is 52.7 Å². The van der Waals surface area contributed by atoms with Gasteiger partial charge in [0.1, 0.15) is 64.8 Å². The van der Waals surface area contributed by atoms with Gasteiger partial charge in [-0.15, -0.1) is 0 Å². The summed E-state index contributed by atoms with van der Waals surface area (Å²) in [7, 11) is 1.15. The number of nitrogens with one attached hydrogen (secondary N) is 10. The van der Waals surface area contributed by atoms with Crippen LogP contribution in [-0.4, -0.2) is 194 Å². The predicted octanol–water partition coefficient (Wildman–Crippen LogP) is 4.70. The topological polar surface area (TPSA) is 391 Å². The molecule has 30 nitrogen and oxygen atoms in total. The molecule has 3 rings (SSSR count). The third kappa shape index (κ3) is 32.3. The fourth-order valence-corrected chi connectivity index (χ4v) is 9.98. The van der Waals surface area contributed by atoms with Crippen molar-refractivity contribution < 1.29 is 95.4 Å². The van der Waals surface area contributed by atoms with Crippen molar-refractivity contribution in [1.29, 1.82) is 0 Å². The Balaban J connectivity index is 2.15. The van der Waals surface area contributed by atoms with Crippen molar-refractivity contribution in [1.82, 2.24) is 53.2 Å². The minimum atomic E-state index is -1.41. The number of esters is 1. The first-order valence-corrected chi connectivity index (χ1v) is 32.5. The zero-order valence-corrected chi connectivity index (χ0v) is 58.0. The number of alkyl carbamates (subject to hydrolysis) is 4. The standard InChI is InChI=1S/C63H110N10O20/c1-58(2,3)90-54(81)66-35-25-19-28-38-47(74)70-40(30-21-27-37-68-56(83)92-60(7,8)9)49(76)72-42(53(80)85-17)32-22-24-34-65-52(79)46-44(87-63(15,16)89-46)43-45(88-62(13,14)86-43)51(78)64-33-23-18-31-41(73-57(84)93-61(10,11)12)50(77)71-39(48(75)69-38)29-20-26-36-67-55(82)91-59(4,5)6/h38-46H,18-37H2,1-17H3,(H,64,78)(H,65,79)(H,66,81)(H,67,82)(H,68,83)(H,69,75)(H,70,74)(H,71,77)(H,72,76)(H,73,84). The number of hydrogen-bond donors (Lipinski definition) is 10. The SMILES string of the molecule is COC(=O)C1CCCCNC(=O)C2OC(C)(C)OC2C2OC(C)(C)OC2C(=O)NCCCCC(NC(=O)OC(C)(C)C)C(=O)NC(CCCCNC(=O)OC(C)(C)C)C(=O)NC(CCCCNC(=O)OC(C)(C)C)C(=O)NC(CCCCNC(=O)OC(C)(C)C)C(=O)N1. The number of ether oxygens (including phenoxy) is 9. The maximum atomic E-state index is 14.9. The van der Waals surface area contributed by atoms with Crippen LogP contribution in [0.5, 0.6) is 0 Å². The first-order chi connectivity index (χ1) is 43.1. The molecule has 30 heteroatoms. The second-order valence-electron chi connectivity index (χ2n) is 28.4. The van der Waals surface area contributed by atoms with E-state index in [-0.39, 0.29) is 110 Å². The molecule has 0 aromatic carbocycles. The second-order valence-corrected chi connectivity index (χ2v) is 28.4. The summed E-state index contributed by atoms with van der Waals surface area (Å²) in [5, 5.41) is 27.4. The molecule has 532 valence electrons. The maximum absolute atomic E-state index is 14.9. The van der Waals surface area contributed by atoms with Crippen molar-refractivity contribution in [2.75, 3.05) is 39.8 Å². The summed E-state index contributed by atoms with van der Waals surface area (Å²) >= 11 is 0. The number of rotatable bonds is 17. The third-order valence-corrected chi connectivity index (χ3v) is 14.0. The highest BCUT2D eigenvalue weighted by molar-refractivity contribution is 5.96. The van der Waals surface area contributed by atoms with Gasteiger partial charge in [0.15, 0.2) is 23.8 Å². The molecule has 0 radical (unpaired) electrons. The van der Waals surface area contributed by atoms with Gasteiger partial charge in [-0.05, 0) is 207 Å². The van der Waals surface area contributed by atoms with Gasteiger partial charge in [0.05, 0.1) is 7.11 Å². The largest absolute Gasteiger partial charge is 0.467 e. The van der Waals surface area contributed by atoms with Crippen molar-refractivity contribution in [3.8, 4) is 0 Å². The summed E-state index contributed by atoms with van der Waals surface area (Å²) in [5.41, 5.74) is -3.32. The molecular weight excluding hydrogens is 1220 g/mol. The maximum Gasteiger partial charge on any atom is 0.408 e. The van der Waals surface area contributed by atoms with Gasteiger partial charge in [0, 0.05) is 32.7 Å². The number of amides is 10. The summed E-state index contributed by atoms with van der Waals surface area (Å²) in [6.07, 6.45) is -5.40. The highest BCUT2D eigenvalue weighted by atomic mass is 16.8. The fourth-order valence-electron chi connectivity index (χ4n) is 9.98. The van der Waals surface area contributed by atoms with Gasteiger partial charge in [-0.25, -0.2) is 24.0 Å². The monoisotopic (exact) mass is 1330 g/mol. The number of carbonyl (C=O) groups excluding carboxylic acids is 11. The Morgan fingerprint density at radius 2 is 0.774 bits per heavy atom. The van der Waals surface area contributed by atoms with E-state index in [4.69, 9.17) is 42.6 Å². The highest BCUT2D eigenvalue weighted by Crippen LogP contribution is 2.39. The van der Waals surface area contributed by atoms with E-state index < -0.39 is 154 Å². The number of hydrogen-bond acceptors (Lipinski definition) is 20. The number of fused-ring (bicyclic) bond motifs is 3. The van der Waals surface area contributed by atoms with Crippen LogP contribution in [0.3, 0.4) is 0 Å². The zero-order chi connectivity index (χ0) is 70.1. The van der Waals surface area contributed by atoms with Crippen LogP contribution in [0, 0.1) is 0 Å². The van der Waals surface area contributed by atoms with Crippen LogP contribution in [0.2, 0.25) is 0 Å². The average molecular weight is 1330 g/mol. The Bertz CT molecular complexity index is 2510. The normalized spacial score (nSPS) is 25.1. The van der Waals surface area contributed by atoms with Crippen LogP contribution in [0.4, 0.5) is 19.2 Å². The minimum Gasteiger partial charge on any atom is -0.467 e. The summed E-state index contributed by atoms with van der Waals surface area (Å²) in [4.78, 5) is 151. The molecule has 3 fully saturated rings. The molecule has 0 saturated carbocycles. The van der Waals surface area contributed by atoms with Gasteiger partial charge >= 0.3 is 30.3 Å². The first kappa shape index (κ1) is 80.4. The zero-order valence-electron chi connectivity index (χ0n) is 58.0. The Labute approximate surface area is 548 Å². The van der Waals surface area contributed by atoms with Crippen LogP contribution in [0.1, 0.15) is 207 Å². The second kappa shape index (κ2) is 36.8. The van der Waals surface area contributed by atoms with E-state index in [0.29, 0.717) is 19.3 Å². The number of carbonyl (C=O) groups is 11. The quantitative estimate of drug-likeness (QED) is 0.0536. The molecule has 93 heavy (non-hydrogen) atoms. The van der Waals surface area contributed by atoms with E-state index >= 15 is 0 Å². The molecule has 3 aliphatic rings. The van der Waals surface area contributed by atoms with E-state index in [1.807, 2.05) is 0 Å². The van der Waals surface area contributed by atoms with Crippen molar-refractivity contribution in [3.05, 3.63) is 0 Å². The lowest BCUT2D eigenvalue weighted by molar-refractivity contribution is -0.175. The number of methoxy groups -OCH3 is 1. The minimum absolute atomic E-state index is 0.0148. The smallest absolute Gasteiger partial charge is 0.408 e. The van der Waals surface area contributed by atoms with E-state index in [1.165, 1.54) is 0 Å². The van der Waals surface area contributed by atoms with Gasteiger partial charge < -0.3 is 95.8 Å². The lowest BCUT2D eigenvalue weighted by atomic mass is 10.0. The molecule has 0 aromatic heterocycles. The molecule has 0 aromatic rings. The summed E-state index contributed by atoms with van der Waals surface area (Å²) in [6.45, 7) is 27.2. The molecule has 3 aliphatic heterocycles. The van der Waals surface area contributed by atoms with Crippen LogP contribution >= 0.6 is 0 Å². The summed E-state index contributed by atoms with van der Waals surface area (Å²) in [5.74, 6) is -7.85. The molecule has 10 N–H and O–H groups in total. The third-order valence-electron chi connectivity index (χ3n) is 14.0. The van der Waals surface area contributed by atoms with Crippen molar-refractivity contribution in [3.63, 3.8) is 0 Å². The fraction of sp³-hybridized carbons (Fsp3) is 0.825. The molecule has 3 saturated heterocycles. The lowest BCUT2D eigenvalue weighted by Gasteiger charge is -2.28. The van der Waals surface area contributed by atoms with Gasteiger partial charge in [-0.1, -0.05) is 0 Å². The van der Waals surface area contributed by atoms with Gasteiger partial charge in [-0.3, -0.25) is 28.8 Å². The molecule has 10 amide bonds. The van der Waals surface area contributed by atoms with Crippen molar-refractivity contribution >= 4 is 65.8 Å². The van der Waals surface area contributed by atoms with E-state index in [1.54, 1.807) is 111 Å². The van der Waals surface area contributed by atoms with E-state index in [2.05, 4.69) is 53.2 Å².